The Bertz CT molecular complexity index is 481. The molecular weight excluding hydrogens is 255 g/mol. The quantitative estimate of drug-likeness (QED) is 0.323. The number of aliphatic imine (C=N–C) groups is 2. The van der Waals surface area contributed by atoms with E-state index in [4.69, 9.17) is 4.74 Å². The number of benzene rings is 1. The lowest BCUT2D eigenvalue weighted by Gasteiger charge is -2.05. The van der Waals surface area contributed by atoms with Crippen LogP contribution in [0, 0.1) is 0 Å². The predicted octanol–water partition coefficient (Wildman–Crippen LogP) is 3.73. The summed E-state index contributed by atoms with van der Waals surface area (Å²) in [6.07, 6.45) is 4.21. The lowest BCUT2D eigenvalue weighted by Crippen LogP contribution is -2.07. The van der Waals surface area contributed by atoms with Gasteiger partial charge in [-0.15, -0.1) is 6.58 Å². The smallest absolute Gasteiger partial charge is 0.311 e. The second-order valence-electron chi connectivity index (χ2n) is 4.03. The van der Waals surface area contributed by atoms with Gasteiger partial charge in [0.1, 0.15) is 5.83 Å². The molecule has 20 heavy (non-hydrogen) atoms. The first kappa shape index (κ1) is 15.8. The molecule has 1 aromatic carbocycles. The minimum atomic E-state index is -0.631. The van der Waals surface area contributed by atoms with Crippen LogP contribution in [0.5, 0.6) is 0 Å². The van der Waals surface area contributed by atoms with Crippen molar-refractivity contribution < 1.29 is 9.13 Å². The molecule has 0 radical (unpaired) electrons. The fourth-order valence-corrected chi connectivity index (χ4v) is 1.41. The number of nitrogens with zero attached hydrogens (tertiary/aromatic N) is 2. The Labute approximate surface area is 119 Å². The summed E-state index contributed by atoms with van der Waals surface area (Å²) in [4.78, 5) is 7.95. The van der Waals surface area contributed by atoms with E-state index in [9.17, 15) is 4.39 Å². The topological polar surface area (TPSA) is 34.0 Å². The van der Waals surface area contributed by atoms with Crippen LogP contribution in [-0.4, -0.2) is 25.4 Å². The standard InChI is InChI=1S/C16H19FN2O/c1-3-4-11-18-16(19-13-14(2)17)20-12-10-15-8-6-5-7-9-15/h3,5-9,13H,1-2,4,10-12H2/b18-16+,19-13-. The summed E-state index contributed by atoms with van der Waals surface area (Å²) in [5.74, 6) is -0.631. The van der Waals surface area contributed by atoms with Gasteiger partial charge in [-0.1, -0.05) is 43.0 Å². The Balaban J connectivity index is 2.49. The van der Waals surface area contributed by atoms with Gasteiger partial charge >= 0.3 is 6.02 Å². The fraction of sp³-hybridized carbons (Fsp3) is 0.250. The zero-order valence-electron chi connectivity index (χ0n) is 11.5. The van der Waals surface area contributed by atoms with Gasteiger partial charge in [0, 0.05) is 13.0 Å². The summed E-state index contributed by atoms with van der Waals surface area (Å²) in [5, 5.41) is 0. The molecule has 0 aliphatic heterocycles. The summed E-state index contributed by atoms with van der Waals surface area (Å²) < 4.78 is 18.0. The van der Waals surface area contributed by atoms with Crippen molar-refractivity contribution in [1.82, 2.24) is 0 Å². The number of allylic oxidation sites excluding steroid dienone is 1. The minimum absolute atomic E-state index is 0.168. The van der Waals surface area contributed by atoms with Gasteiger partial charge < -0.3 is 4.74 Å². The van der Waals surface area contributed by atoms with E-state index in [1.807, 2.05) is 30.3 Å². The molecule has 0 bridgehead atoms. The van der Waals surface area contributed by atoms with Crippen LogP contribution in [0.15, 0.2) is 65.4 Å². The van der Waals surface area contributed by atoms with Crippen molar-refractivity contribution in [3.63, 3.8) is 0 Å². The number of ether oxygens (including phenoxy) is 1. The van der Waals surface area contributed by atoms with Crippen molar-refractivity contribution in [3.8, 4) is 0 Å². The van der Waals surface area contributed by atoms with Gasteiger partial charge in [0.15, 0.2) is 0 Å². The molecular formula is C16H19FN2O. The molecule has 0 heterocycles. The summed E-state index contributed by atoms with van der Waals surface area (Å²) in [7, 11) is 0. The maximum atomic E-state index is 12.6. The highest BCUT2D eigenvalue weighted by Gasteiger charge is 1.98. The third-order valence-corrected chi connectivity index (χ3v) is 2.36. The van der Waals surface area contributed by atoms with Crippen molar-refractivity contribution in [2.45, 2.75) is 12.8 Å². The maximum absolute atomic E-state index is 12.6. The van der Waals surface area contributed by atoms with Gasteiger partial charge in [0.25, 0.3) is 0 Å². The Morgan fingerprint density at radius 3 is 2.70 bits per heavy atom. The number of amidine groups is 1. The average Bonchev–Trinajstić information content (AvgIpc) is 2.45. The zero-order valence-corrected chi connectivity index (χ0v) is 11.5. The molecule has 0 aromatic heterocycles. The van der Waals surface area contributed by atoms with Gasteiger partial charge in [0.2, 0.25) is 0 Å². The fourth-order valence-electron chi connectivity index (χ4n) is 1.41. The predicted molar refractivity (Wildman–Crippen MR) is 82.0 cm³/mol. The Morgan fingerprint density at radius 1 is 1.30 bits per heavy atom. The highest BCUT2D eigenvalue weighted by molar-refractivity contribution is 5.88. The molecule has 0 saturated carbocycles. The first-order valence-electron chi connectivity index (χ1n) is 6.43. The minimum Gasteiger partial charge on any atom is -0.463 e. The van der Waals surface area contributed by atoms with E-state index in [1.54, 1.807) is 6.08 Å². The molecule has 106 valence electrons. The maximum Gasteiger partial charge on any atom is 0.311 e. The summed E-state index contributed by atoms with van der Waals surface area (Å²) in [6.45, 7) is 7.67. The SMILES string of the molecule is C=CCC/N=C(\N=C/C(=C)F)OCCc1ccccc1. The third-order valence-electron chi connectivity index (χ3n) is 2.36. The zero-order chi connectivity index (χ0) is 14.6. The van der Waals surface area contributed by atoms with Crippen molar-refractivity contribution in [1.29, 1.82) is 0 Å². The molecule has 0 aliphatic carbocycles. The number of rotatable bonds is 7. The molecule has 0 saturated heterocycles. The van der Waals surface area contributed by atoms with E-state index in [1.165, 1.54) is 0 Å². The van der Waals surface area contributed by atoms with Crippen LogP contribution in [0.4, 0.5) is 4.39 Å². The molecule has 0 amide bonds. The van der Waals surface area contributed by atoms with Gasteiger partial charge in [-0.3, -0.25) is 0 Å². The number of hydrogen-bond acceptors (Lipinski definition) is 2. The molecule has 0 N–H and O–H groups in total. The van der Waals surface area contributed by atoms with Crippen molar-refractivity contribution in [2.75, 3.05) is 13.2 Å². The number of hydrogen-bond donors (Lipinski definition) is 0. The summed E-state index contributed by atoms with van der Waals surface area (Å²) in [6, 6.07) is 10.1. The highest BCUT2D eigenvalue weighted by atomic mass is 19.1. The second-order valence-corrected chi connectivity index (χ2v) is 4.03. The second kappa shape index (κ2) is 9.67. The molecule has 3 nitrogen and oxygen atoms in total. The normalized spacial score (nSPS) is 11.6. The first-order chi connectivity index (χ1) is 9.72. The van der Waals surface area contributed by atoms with Crippen LogP contribution < -0.4 is 0 Å². The van der Waals surface area contributed by atoms with E-state index in [0.717, 1.165) is 24.6 Å². The molecule has 1 aromatic rings. The van der Waals surface area contributed by atoms with E-state index in [0.29, 0.717) is 13.2 Å². The van der Waals surface area contributed by atoms with E-state index < -0.39 is 5.83 Å². The van der Waals surface area contributed by atoms with Crippen LogP contribution in [-0.2, 0) is 11.2 Å². The van der Waals surface area contributed by atoms with Crippen LogP contribution in [0.2, 0.25) is 0 Å². The van der Waals surface area contributed by atoms with Gasteiger partial charge in [-0.05, 0) is 12.0 Å². The van der Waals surface area contributed by atoms with E-state index >= 15 is 0 Å². The summed E-state index contributed by atoms with van der Waals surface area (Å²) in [5.41, 5.74) is 1.16. The van der Waals surface area contributed by atoms with Crippen LogP contribution >= 0.6 is 0 Å². The molecule has 0 spiro atoms. The third kappa shape index (κ3) is 7.26. The van der Waals surface area contributed by atoms with Crippen LogP contribution in [0.25, 0.3) is 0 Å². The van der Waals surface area contributed by atoms with Gasteiger partial charge in [-0.25, -0.2) is 14.4 Å². The van der Waals surface area contributed by atoms with Crippen LogP contribution in [0.3, 0.4) is 0 Å². The van der Waals surface area contributed by atoms with Crippen molar-refractivity contribution in [2.24, 2.45) is 9.98 Å². The Kier molecular flexibility index (Phi) is 7.65. The van der Waals surface area contributed by atoms with Crippen LogP contribution in [0.1, 0.15) is 12.0 Å². The molecule has 0 aliphatic rings. The Hall–Kier alpha value is -2.23. The Morgan fingerprint density at radius 2 is 2.05 bits per heavy atom. The lowest BCUT2D eigenvalue weighted by molar-refractivity contribution is 0.303. The van der Waals surface area contributed by atoms with E-state index in [-0.39, 0.29) is 6.02 Å². The lowest BCUT2D eigenvalue weighted by atomic mass is 10.2. The van der Waals surface area contributed by atoms with Crippen molar-refractivity contribution in [3.05, 3.63) is 61.0 Å². The highest BCUT2D eigenvalue weighted by Crippen LogP contribution is 2.00. The van der Waals surface area contributed by atoms with Crippen molar-refractivity contribution >= 4 is 12.2 Å². The number of halogens is 1. The molecule has 0 fully saturated rings. The molecule has 1 rings (SSSR count). The molecule has 0 atom stereocenters. The monoisotopic (exact) mass is 274 g/mol. The first-order valence-corrected chi connectivity index (χ1v) is 6.43. The van der Waals surface area contributed by atoms with E-state index in [2.05, 4.69) is 23.1 Å². The summed E-state index contributed by atoms with van der Waals surface area (Å²) >= 11 is 0. The van der Waals surface area contributed by atoms with Gasteiger partial charge in [0.05, 0.1) is 12.8 Å². The molecule has 0 unspecified atom stereocenters. The largest absolute Gasteiger partial charge is 0.463 e. The molecule has 4 heteroatoms. The van der Waals surface area contributed by atoms with Gasteiger partial charge in [-0.2, -0.15) is 0 Å². The average molecular weight is 274 g/mol.